The fourth-order valence-corrected chi connectivity index (χ4v) is 3.02. The molecule has 126 valence electrons. The molecule has 1 aliphatic heterocycles. The number of carboxylic acid groups (broad SMARTS) is 1. The Morgan fingerprint density at radius 3 is 2.33 bits per heavy atom. The molecule has 24 heavy (non-hydrogen) atoms. The lowest BCUT2D eigenvalue weighted by Crippen LogP contribution is -2.35. The van der Waals surface area contributed by atoms with Crippen LogP contribution in [0.5, 0.6) is 0 Å². The van der Waals surface area contributed by atoms with Crippen molar-refractivity contribution in [2.45, 2.75) is 19.3 Å². The zero-order chi connectivity index (χ0) is 17.1. The molecular formula is C17H17F2N3O2. The molecule has 1 aromatic heterocycles. The molecule has 2 heterocycles. The second kappa shape index (κ2) is 6.90. The first kappa shape index (κ1) is 16.3. The van der Waals surface area contributed by atoms with E-state index in [1.807, 2.05) is 4.90 Å². The first-order valence-corrected chi connectivity index (χ1v) is 7.76. The first-order chi connectivity index (χ1) is 11.5. The van der Waals surface area contributed by atoms with Crippen molar-refractivity contribution >= 4 is 11.8 Å². The highest BCUT2D eigenvalue weighted by atomic mass is 19.1. The maximum Gasteiger partial charge on any atom is 0.356 e. The van der Waals surface area contributed by atoms with Crippen molar-refractivity contribution in [2.75, 3.05) is 18.0 Å². The Labute approximate surface area is 138 Å². The smallest absolute Gasteiger partial charge is 0.356 e. The number of rotatable bonds is 4. The largest absolute Gasteiger partial charge is 0.476 e. The number of halogens is 2. The molecule has 2 aromatic rings. The zero-order valence-electron chi connectivity index (χ0n) is 13.0. The van der Waals surface area contributed by atoms with E-state index < -0.39 is 17.6 Å². The number of nitrogens with zero attached hydrogens (tertiary/aromatic N) is 3. The first-order valence-electron chi connectivity index (χ1n) is 7.76. The minimum absolute atomic E-state index is 0.0817. The molecule has 7 heteroatoms. The summed E-state index contributed by atoms with van der Waals surface area (Å²) in [6.07, 6.45) is 5.11. The average Bonchev–Trinajstić information content (AvgIpc) is 2.55. The Morgan fingerprint density at radius 2 is 1.79 bits per heavy atom. The third-order valence-electron chi connectivity index (χ3n) is 4.24. The van der Waals surface area contributed by atoms with Gasteiger partial charge < -0.3 is 10.0 Å². The molecular weight excluding hydrogens is 316 g/mol. The fourth-order valence-electron chi connectivity index (χ4n) is 3.02. The molecule has 0 unspecified atom stereocenters. The van der Waals surface area contributed by atoms with E-state index in [2.05, 4.69) is 9.97 Å². The molecule has 0 amide bonds. The third kappa shape index (κ3) is 3.84. The lowest BCUT2D eigenvalue weighted by molar-refractivity contribution is 0.0690. The van der Waals surface area contributed by atoms with Crippen LogP contribution in [0.3, 0.4) is 0 Å². The molecule has 1 fully saturated rings. The number of anilines is 1. The Balaban J connectivity index is 1.58. The van der Waals surface area contributed by atoms with Gasteiger partial charge in [-0.05, 0) is 42.9 Å². The van der Waals surface area contributed by atoms with Gasteiger partial charge in [0.15, 0.2) is 5.69 Å². The number of carbonyl (C=O) groups is 1. The normalized spacial score (nSPS) is 15.5. The minimum atomic E-state index is -1.10. The van der Waals surface area contributed by atoms with Crippen LogP contribution in [0, 0.1) is 17.6 Å². The van der Waals surface area contributed by atoms with Crippen LogP contribution in [0.2, 0.25) is 0 Å². The fraction of sp³-hybridized carbons (Fsp3) is 0.353. The molecule has 0 aliphatic carbocycles. The molecule has 0 radical (unpaired) electrons. The van der Waals surface area contributed by atoms with Crippen LogP contribution in [0.15, 0.2) is 30.6 Å². The van der Waals surface area contributed by atoms with Crippen LogP contribution in [-0.2, 0) is 6.42 Å². The second-order valence-corrected chi connectivity index (χ2v) is 5.98. The summed E-state index contributed by atoms with van der Waals surface area (Å²) >= 11 is 0. The van der Waals surface area contributed by atoms with Gasteiger partial charge in [-0.1, -0.05) is 0 Å². The van der Waals surface area contributed by atoms with E-state index in [0.717, 1.165) is 32.0 Å². The standard InChI is InChI=1S/C17H17F2N3O2/c18-13-6-12(7-14(19)8-13)5-11-1-3-22(4-2-11)16-10-20-15(9-21-16)17(23)24/h6-11H,1-5H2,(H,23,24). The predicted octanol–water partition coefficient (Wildman–Crippen LogP) is 2.91. The number of hydrogen-bond acceptors (Lipinski definition) is 4. The van der Waals surface area contributed by atoms with Gasteiger partial charge in [-0.2, -0.15) is 0 Å². The molecule has 0 saturated carbocycles. The monoisotopic (exact) mass is 333 g/mol. The van der Waals surface area contributed by atoms with Gasteiger partial charge in [-0.3, -0.25) is 0 Å². The highest BCUT2D eigenvalue weighted by Crippen LogP contribution is 2.25. The lowest BCUT2D eigenvalue weighted by Gasteiger charge is -2.32. The van der Waals surface area contributed by atoms with Gasteiger partial charge in [-0.25, -0.2) is 23.5 Å². The molecule has 1 saturated heterocycles. The SMILES string of the molecule is O=C(O)c1cnc(N2CCC(Cc3cc(F)cc(F)c3)CC2)cn1. The van der Waals surface area contributed by atoms with Gasteiger partial charge in [0.05, 0.1) is 12.4 Å². The Morgan fingerprint density at radius 1 is 1.12 bits per heavy atom. The van der Waals surface area contributed by atoms with Crippen molar-refractivity contribution in [2.24, 2.45) is 5.92 Å². The number of aromatic carboxylic acids is 1. The van der Waals surface area contributed by atoms with Crippen molar-refractivity contribution in [3.05, 3.63) is 53.5 Å². The highest BCUT2D eigenvalue weighted by molar-refractivity contribution is 5.84. The van der Waals surface area contributed by atoms with E-state index in [4.69, 9.17) is 5.11 Å². The zero-order valence-corrected chi connectivity index (χ0v) is 13.0. The Bertz CT molecular complexity index is 709. The van der Waals surface area contributed by atoms with Crippen molar-refractivity contribution in [1.29, 1.82) is 0 Å². The van der Waals surface area contributed by atoms with Crippen LogP contribution in [-0.4, -0.2) is 34.1 Å². The van der Waals surface area contributed by atoms with Crippen molar-refractivity contribution in [1.82, 2.24) is 9.97 Å². The summed E-state index contributed by atoms with van der Waals surface area (Å²) in [6.45, 7) is 1.51. The van der Waals surface area contributed by atoms with Crippen LogP contribution >= 0.6 is 0 Å². The summed E-state index contributed by atoms with van der Waals surface area (Å²) in [5.74, 6) is -1.19. The number of aromatic nitrogens is 2. The van der Waals surface area contributed by atoms with Crippen molar-refractivity contribution < 1.29 is 18.7 Å². The number of piperidine rings is 1. The summed E-state index contributed by atoms with van der Waals surface area (Å²) < 4.78 is 26.5. The molecule has 1 aromatic carbocycles. The molecule has 5 nitrogen and oxygen atoms in total. The quantitative estimate of drug-likeness (QED) is 0.932. The van der Waals surface area contributed by atoms with Gasteiger partial charge >= 0.3 is 5.97 Å². The summed E-state index contributed by atoms with van der Waals surface area (Å²) in [7, 11) is 0. The maximum absolute atomic E-state index is 13.2. The van der Waals surface area contributed by atoms with Crippen molar-refractivity contribution in [3.63, 3.8) is 0 Å². The van der Waals surface area contributed by atoms with E-state index in [1.54, 1.807) is 0 Å². The lowest BCUT2D eigenvalue weighted by atomic mass is 9.90. The average molecular weight is 333 g/mol. The van der Waals surface area contributed by atoms with E-state index in [1.165, 1.54) is 24.5 Å². The third-order valence-corrected chi connectivity index (χ3v) is 4.24. The molecule has 1 N–H and O–H groups in total. The van der Waals surface area contributed by atoms with E-state index >= 15 is 0 Å². The molecule has 0 bridgehead atoms. The summed E-state index contributed by atoms with van der Waals surface area (Å²) in [4.78, 5) is 20.8. The van der Waals surface area contributed by atoms with E-state index in [9.17, 15) is 13.6 Å². The van der Waals surface area contributed by atoms with Gasteiger partial charge in [-0.15, -0.1) is 0 Å². The number of carboxylic acids is 1. The minimum Gasteiger partial charge on any atom is -0.476 e. The van der Waals surface area contributed by atoms with E-state index in [0.29, 0.717) is 23.7 Å². The van der Waals surface area contributed by atoms with Gasteiger partial charge in [0.2, 0.25) is 0 Å². The van der Waals surface area contributed by atoms with Crippen LogP contribution < -0.4 is 4.90 Å². The van der Waals surface area contributed by atoms with Crippen LogP contribution in [0.25, 0.3) is 0 Å². The molecule has 3 rings (SSSR count). The summed E-state index contributed by atoms with van der Waals surface area (Å²) in [6, 6.07) is 3.64. The van der Waals surface area contributed by atoms with Gasteiger partial charge in [0, 0.05) is 19.2 Å². The second-order valence-electron chi connectivity index (χ2n) is 5.98. The molecule has 1 aliphatic rings. The van der Waals surface area contributed by atoms with Gasteiger partial charge in [0.25, 0.3) is 0 Å². The van der Waals surface area contributed by atoms with Crippen LogP contribution in [0.4, 0.5) is 14.6 Å². The summed E-state index contributed by atoms with van der Waals surface area (Å²) in [5.41, 5.74) is 0.596. The molecule has 0 atom stereocenters. The Hall–Kier alpha value is -2.57. The number of benzene rings is 1. The maximum atomic E-state index is 13.2. The number of hydrogen-bond donors (Lipinski definition) is 1. The van der Waals surface area contributed by atoms with E-state index in [-0.39, 0.29) is 5.69 Å². The van der Waals surface area contributed by atoms with Crippen molar-refractivity contribution in [3.8, 4) is 0 Å². The van der Waals surface area contributed by atoms with Crippen LogP contribution in [0.1, 0.15) is 28.9 Å². The molecule has 0 spiro atoms. The Kier molecular flexibility index (Phi) is 4.69. The topological polar surface area (TPSA) is 66.3 Å². The highest BCUT2D eigenvalue weighted by Gasteiger charge is 2.21. The predicted molar refractivity (Wildman–Crippen MR) is 84.0 cm³/mol. The van der Waals surface area contributed by atoms with Gasteiger partial charge in [0.1, 0.15) is 17.5 Å². The summed E-state index contributed by atoms with van der Waals surface area (Å²) in [5, 5.41) is 8.83.